The number of unbranched alkanes of at least 4 members (excludes halogenated alkanes) is 42. The summed E-state index contributed by atoms with van der Waals surface area (Å²) >= 11 is 0. The fourth-order valence-corrected chi connectivity index (χ4v) is 13.3. The van der Waals surface area contributed by atoms with Crippen LogP contribution >= 0.6 is 15.6 Å². The third kappa shape index (κ3) is 76.7. The minimum atomic E-state index is -4.99. The van der Waals surface area contributed by atoms with E-state index in [1.165, 1.54) is 186 Å². The van der Waals surface area contributed by atoms with Gasteiger partial charge < -0.3 is 33.8 Å². The van der Waals surface area contributed by atoms with Gasteiger partial charge >= 0.3 is 39.5 Å². The summed E-state index contributed by atoms with van der Waals surface area (Å²) in [7, 11) is -9.97. The van der Waals surface area contributed by atoms with Gasteiger partial charge in [0.25, 0.3) is 0 Å². The second-order valence-corrected chi connectivity index (χ2v) is 31.3. The molecule has 0 spiro atoms. The van der Waals surface area contributed by atoms with Crippen molar-refractivity contribution >= 4 is 39.5 Å². The number of aliphatic hydroxyl groups excluding tert-OH is 1. The highest BCUT2D eigenvalue weighted by molar-refractivity contribution is 7.47. The van der Waals surface area contributed by atoms with Crippen LogP contribution in [-0.2, 0) is 65.4 Å². The van der Waals surface area contributed by atoms with E-state index in [1.54, 1.807) is 0 Å². The highest BCUT2D eigenvalue weighted by Gasteiger charge is 2.30. The van der Waals surface area contributed by atoms with E-state index in [9.17, 15) is 43.2 Å². The molecule has 0 aliphatic rings. The second kappa shape index (κ2) is 77.7. The molecule has 0 aromatic carbocycles. The molecule has 17 nitrogen and oxygen atoms in total. The van der Waals surface area contributed by atoms with Crippen molar-refractivity contribution in [3.05, 3.63) is 72.9 Å². The number of carbonyl (C=O) groups is 4. The first-order valence-electron chi connectivity index (χ1n) is 42.2. The van der Waals surface area contributed by atoms with Crippen molar-refractivity contribution in [3.8, 4) is 0 Å². The number of hydrogen-bond acceptors (Lipinski definition) is 15. The lowest BCUT2D eigenvalue weighted by Crippen LogP contribution is -2.30. The molecule has 0 amide bonds. The van der Waals surface area contributed by atoms with Crippen LogP contribution in [-0.4, -0.2) is 96.7 Å². The van der Waals surface area contributed by atoms with Crippen LogP contribution in [0.1, 0.15) is 387 Å². The standard InChI is InChI=1S/C85H154O17P2/c1-5-9-13-17-21-25-29-33-37-38-39-40-44-46-50-54-58-62-66-70-83(88)96-76-81(102-85(90)72-68-64-60-56-52-48-43-36-32-28-24-20-16-12-8-4)78-100-104(93,94)98-74-79(86)73-97-103(91,92)99-77-80(101-84(89)71-67-63-59-55-51-47-42-35-31-27-23-19-15-11-7-3)75-95-82(87)69-65-61-57-53-49-45-41-34-30-26-22-18-14-10-6-2/h21,25,33-34,37,39-41,46,50,58,62,79-81,86H,5-20,22-24,26-32,35-36,38,42-45,47-49,51-57,59-61,63-78H2,1-4H3,(H,91,92)(H,93,94)/b25-21-,37-33-,40-39-,41-34-,50-46-,62-58-/t79-,80+,81+/m0/s1. The summed E-state index contributed by atoms with van der Waals surface area (Å²) in [5.41, 5.74) is 0. The number of carbonyl (C=O) groups excluding carboxylic acids is 4. The lowest BCUT2D eigenvalue weighted by Gasteiger charge is -2.21. The number of aliphatic hydroxyl groups is 1. The molecule has 0 fully saturated rings. The van der Waals surface area contributed by atoms with Gasteiger partial charge in [0.1, 0.15) is 19.3 Å². The number of phosphoric acid groups is 2. The summed E-state index contributed by atoms with van der Waals surface area (Å²) < 4.78 is 68.7. The molecule has 3 N–H and O–H groups in total. The van der Waals surface area contributed by atoms with Crippen LogP contribution in [0.2, 0.25) is 0 Å². The van der Waals surface area contributed by atoms with Crippen LogP contribution in [0.25, 0.3) is 0 Å². The lowest BCUT2D eigenvalue weighted by molar-refractivity contribution is -0.161. The van der Waals surface area contributed by atoms with E-state index in [4.69, 9.17) is 37.0 Å². The van der Waals surface area contributed by atoms with E-state index in [0.717, 1.165) is 116 Å². The molecule has 0 heterocycles. The molecule has 0 saturated heterocycles. The number of hydrogen-bond donors (Lipinski definition) is 3. The molecular formula is C85H154O17P2. The van der Waals surface area contributed by atoms with Crippen LogP contribution in [0.15, 0.2) is 72.9 Å². The molecule has 0 radical (unpaired) electrons. The van der Waals surface area contributed by atoms with Crippen molar-refractivity contribution in [3.63, 3.8) is 0 Å². The summed E-state index contributed by atoms with van der Waals surface area (Å²) in [4.78, 5) is 73.1. The first kappa shape index (κ1) is 100. The Balaban J connectivity index is 5.39. The third-order valence-electron chi connectivity index (χ3n) is 18.2. The Morgan fingerprint density at radius 2 is 0.490 bits per heavy atom. The number of allylic oxidation sites excluding steroid dienone is 12. The molecule has 0 aliphatic carbocycles. The smallest absolute Gasteiger partial charge is 0.462 e. The minimum absolute atomic E-state index is 0.0423. The van der Waals surface area contributed by atoms with Crippen molar-refractivity contribution < 1.29 is 80.2 Å². The maximum atomic E-state index is 13.1. The average molecular weight is 1510 g/mol. The van der Waals surface area contributed by atoms with Gasteiger partial charge in [-0.15, -0.1) is 0 Å². The van der Waals surface area contributed by atoms with E-state index >= 15 is 0 Å². The van der Waals surface area contributed by atoms with Gasteiger partial charge in [-0.3, -0.25) is 37.3 Å². The average Bonchev–Trinajstić information content (AvgIpc) is 0.918. The van der Waals surface area contributed by atoms with Gasteiger partial charge in [0, 0.05) is 25.7 Å². The van der Waals surface area contributed by atoms with Gasteiger partial charge in [-0.2, -0.15) is 0 Å². The molecule has 2 unspecified atom stereocenters. The Morgan fingerprint density at radius 3 is 0.808 bits per heavy atom. The molecule has 104 heavy (non-hydrogen) atoms. The number of ether oxygens (including phenoxy) is 4. The Bertz CT molecular complexity index is 2250. The van der Waals surface area contributed by atoms with E-state index in [1.807, 2.05) is 12.2 Å². The quantitative estimate of drug-likeness (QED) is 0.0169. The van der Waals surface area contributed by atoms with E-state index < -0.39 is 97.5 Å². The molecule has 19 heteroatoms. The van der Waals surface area contributed by atoms with Crippen LogP contribution in [0, 0.1) is 0 Å². The molecule has 0 aromatic heterocycles. The van der Waals surface area contributed by atoms with Gasteiger partial charge in [-0.05, 0) is 89.9 Å². The molecule has 0 rings (SSSR count). The summed E-state index contributed by atoms with van der Waals surface area (Å²) in [6.07, 6.45) is 80.2. The Kier molecular flexibility index (Phi) is 75.0. The summed E-state index contributed by atoms with van der Waals surface area (Å²) in [6.45, 7) is 4.84. The fraction of sp³-hybridized carbons (Fsp3) is 0.812. The van der Waals surface area contributed by atoms with Crippen molar-refractivity contribution in [2.45, 2.75) is 406 Å². The SMILES string of the molecule is CCCCC/C=C\C/C=C\C/C=C\C/C=C\C/C=C\CCC(=O)OC[C@H](COP(=O)(O)OC[C@@H](O)COP(=O)(O)OC[C@@H](COC(=O)CCCCCCC/C=C\CCCCCCCC)OC(=O)CCCCCCCCCCCCCCCCC)OC(=O)CCCCCCCCCCCCCCCCC. The third-order valence-corrected chi connectivity index (χ3v) is 20.1. The molecule has 0 aromatic rings. The van der Waals surface area contributed by atoms with E-state index in [0.29, 0.717) is 32.1 Å². The zero-order chi connectivity index (χ0) is 76.0. The van der Waals surface area contributed by atoms with Gasteiger partial charge in [0.05, 0.1) is 26.4 Å². The summed E-state index contributed by atoms with van der Waals surface area (Å²) in [5, 5.41) is 10.7. The fourth-order valence-electron chi connectivity index (χ4n) is 11.7. The number of esters is 4. The molecular weight excluding hydrogens is 1350 g/mol. The topological polar surface area (TPSA) is 237 Å². The largest absolute Gasteiger partial charge is 0.472 e. The minimum Gasteiger partial charge on any atom is -0.462 e. The Morgan fingerprint density at radius 1 is 0.269 bits per heavy atom. The van der Waals surface area contributed by atoms with Crippen molar-refractivity contribution in [2.24, 2.45) is 0 Å². The lowest BCUT2D eigenvalue weighted by atomic mass is 10.0. The van der Waals surface area contributed by atoms with Crippen LogP contribution in [0.4, 0.5) is 0 Å². The van der Waals surface area contributed by atoms with Crippen molar-refractivity contribution in [1.82, 2.24) is 0 Å². The Hall–Kier alpha value is -3.50. The van der Waals surface area contributed by atoms with Crippen molar-refractivity contribution in [1.29, 1.82) is 0 Å². The zero-order valence-electron chi connectivity index (χ0n) is 66.5. The second-order valence-electron chi connectivity index (χ2n) is 28.4. The van der Waals surface area contributed by atoms with Crippen LogP contribution < -0.4 is 0 Å². The maximum Gasteiger partial charge on any atom is 0.472 e. The maximum absolute atomic E-state index is 13.1. The first-order valence-corrected chi connectivity index (χ1v) is 45.2. The van der Waals surface area contributed by atoms with Gasteiger partial charge in [0.2, 0.25) is 0 Å². The van der Waals surface area contributed by atoms with Gasteiger partial charge in [-0.1, -0.05) is 345 Å². The summed E-state index contributed by atoms with van der Waals surface area (Å²) in [5.74, 6) is -2.24. The van der Waals surface area contributed by atoms with Crippen molar-refractivity contribution in [2.75, 3.05) is 39.6 Å². The Labute approximate surface area is 634 Å². The van der Waals surface area contributed by atoms with E-state index in [-0.39, 0.29) is 25.7 Å². The summed E-state index contributed by atoms with van der Waals surface area (Å²) in [6, 6.07) is 0. The first-order chi connectivity index (χ1) is 50.7. The van der Waals surface area contributed by atoms with Gasteiger partial charge in [-0.25, -0.2) is 9.13 Å². The molecule has 0 bridgehead atoms. The van der Waals surface area contributed by atoms with Crippen LogP contribution in [0.5, 0.6) is 0 Å². The molecule has 606 valence electrons. The highest BCUT2D eigenvalue weighted by Crippen LogP contribution is 2.45. The number of phosphoric ester groups is 2. The van der Waals surface area contributed by atoms with Gasteiger partial charge in [0.15, 0.2) is 12.2 Å². The van der Waals surface area contributed by atoms with E-state index in [2.05, 4.69) is 88.5 Å². The highest BCUT2D eigenvalue weighted by atomic mass is 31.2. The monoisotopic (exact) mass is 1510 g/mol. The molecule has 0 aliphatic heterocycles. The zero-order valence-corrected chi connectivity index (χ0v) is 68.2. The van der Waals surface area contributed by atoms with Crippen LogP contribution in [0.3, 0.4) is 0 Å². The molecule has 5 atom stereocenters. The predicted molar refractivity (Wildman–Crippen MR) is 427 cm³/mol. The molecule has 0 saturated carbocycles. The predicted octanol–water partition coefficient (Wildman–Crippen LogP) is 24.8. The number of rotatable bonds is 80. The normalized spacial score (nSPS) is 14.2.